The van der Waals surface area contributed by atoms with Crippen LogP contribution in [-0.2, 0) is 18.2 Å². The molecule has 0 atom stereocenters. The summed E-state index contributed by atoms with van der Waals surface area (Å²) >= 11 is 0. The van der Waals surface area contributed by atoms with Crippen LogP contribution >= 0.6 is 0 Å². The molecule has 1 aliphatic heterocycles. The van der Waals surface area contributed by atoms with Gasteiger partial charge in [0.05, 0.1) is 18.9 Å². The molecule has 1 amide bonds. The van der Waals surface area contributed by atoms with Crippen molar-refractivity contribution in [2.75, 3.05) is 37.7 Å². The average Bonchev–Trinajstić information content (AvgIpc) is 2.88. The molecule has 3 rings (SSSR count). The quantitative estimate of drug-likeness (QED) is 0.892. The lowest BCUT2D eigenvalue weighted by Gasteiger charge is -2.30. The molecule has 0 spiro atoms. The Morgan fingerprint density at radius 3 is 2.62 bits per heavy atom. The number of anilines is 1. The molecule has 0 aliphatic carbocycles. The Kier molecular flexibility index (Phi) is 5.61. The van der Waals surface area contributed by atoms with Gasteiger partial charge in [-0.1, -0.05) is 6.07 Å². The van der Waals surface area contributed by atoms with E-state index in [0.717, 1.165) is 49.8 Å². The number of rotatable bonds is 5. The highest BCUT2D eigenvalue weighted by Crippen LogP contribution is 2.22. The number of hydrogen-bond acceptors (Lipinski definition) is 4. The van der Waals surface area contributed by atoms with Gasteiger partial charge in [0.2, 0.25) is 0 Å². The maximum Gasteiger partial charge on any atom is 0.251 e. The van der Waals surface area contributed by atoms with Gasteiger partial charge in [-0.05, 0) is 50.5 Å². The van der Waals surface area contributed by atoms with Gasteiger partial charge in [0.15, 0.2) is 0 Å². The number of nitrogens with zero attached hydrogens (tertiary/aromatic N) is 3. The van der Waals surface area contributed by atoms with E-state index in [4.69, 9.17) is 4.74 Å². The van der Waals surface area contributed by atoms with Crippen molar-refractivity contribution in [3.63, 3.8) is 0 Å². The van der Waals surface area contributed by atoms with Crippen LogP contribution in [-0.4, -0.2) is 48.5 Å². The molecular weight excluding hydrogens is 328 g/mol. The number of aryl methyl sites for hydroxylation is 3. The van der Waals surface area contributed by atoms with Crippen molar-refractivity contribution < 1.29 is 9.53 Å². The van der Waals surface area contributed by atoms with Crippen molar-refractivity contribution >= 4 is 11.6 Å². The van der Waals surface area contributed by atoms with Gasteiger partial charge >= 0.3 is 0 Å². The van der Waals surface area contributed by atoms with E-state index >= 15 is 0 Å². The fourth-order valence-electron chi connectivity index (χ4n) is 3.48. The number of benzene rings is 1. The van der Waals surface area contributed by atoms with Crippen LogP contribution in [0.5, 0.6) is 0 Å². The van der Waals surface area contributed by atoms with Crippen molar-refractivity contribution in [1.29, 1.82) is 0 Å². The third-order valence-electron chi connectivity index (χ3n) is 5.14. The maximum absolute atomic E-state index is 12.6. The zero-order valence-electron chi connectivity index (χ0n) is 16.1. The molecule has 2 aromatic rings. The van der Waals surface area contributed by atoms with Crippen molar-refractivity contribution in [1.82, 2.24) is 15.1 Å². The SMILES string of the molecule is Cc1ccc(C(=O)NCCc2c(C)nn(C)c2C)cc1N1CCOCC1. The summed E-state index contributed by atoms with van der Waals surface area (Å²) in [6, 6.07) is 5.92. The third-order valence-corrected chi connectivity index (χ3v) is 5.14. The van der Waals surface area contributed by atoms with Gasteiger partial charge in [0.1, 0.15) is 0 Å². The lowest BCUT2D eigenvalue weighted by atomic mass is 10.1. The Balaban J connectivity index is 1.64. The van der Waals surface area contributed by atoms with E-state index in [-0.39, 0.29) is 5.91 Å². The van der Waals surface area contributed by atoms with Crippen LogP contribution in [0.4, 0.5) is 5.69 Å². The van der Waals surface area contributed by atoms with E-state index in [1.165, 1.54) is 11.1 Å². The van der Waals surface area contributed by atoms with Gasteiger partial charge < -0.3 is 15.0 Å². The summed E-state index contributed by atoms with van der Waals surface area (Å²) in [5.74, 6) is -0.0290. The van der Waals surface area contributed by atoms with Crippen LogP contribution in [0.15, 0.2) is 18.2 Å². The first-order valence-electron chi connectivity index (χ1n) is 9.18. The minimum absolute atomic E-state index is 0.0290. The predicted molar refractivity (Wildman–Crippen MR) is 103 cm³/mol. The van der Waals surface area contributed by atoms with E-state index in [1.54, 1.807) is 0 Å². The Morgan fingerprint density at radius 2 is 1.96 bits per heavy atom. The Morgan fingerprint density at radius 1 is 1.23 bits per heavy atom. The average molecular weight is 356 g/mol. The number of ether oxygens (including phenoxy) is 1. The topological polar surface area (TPSA) is 59.4 Å². The van der Waals surface area contributed by atoms with Gasteiger partial charge in [-0.3, -0.25) is 9.48 Å². The van der Waals surface area contributed by atoms with E-state index in [9.17, 15) is 4.79 Å². The highest BCUT2D eigenvalue weighted by molar-refractivity contribution is 5.95. The molecule has 1 aromatic heterocycles. The van der Waals surface area contributed by atoms with E-state index in [0.29, 0.717) is 12.1 Å². The number of carbonyl (C=O) groups excluding carboxylic acids is 1. The minimum atomic E-state index is -0.0290. The van der Waals surface area contributed by atoms with Crippen LogP contribution in [0.25, 0.3) is 0 Å². The first-order valence-corrected chi connectivity index (χ1v) is 9.18. The number of amides is 1. The molecule has 0 saturated carbocycles. The lowest BCUT2D eigenvalue weighted by Crippen LogP contribution is -2.37. The van der Waals surface area contributed by atoms with Crippen molar-refractivity contribution in [3.05, 3.63) is 46.3 Å². The first kappa shape index (κ1) is 18.5. The molecule has 6 nitrogen and oxygen atoms in total. The Hall–Kier alpha value is -2.34. The van der Waals surface area contributed by atoms with Gasteiger partial charge in [-0.2, -0.15) is 5.10 Å². The second-order valence-electron chi connectivity index (χ2n) is 6.88. The van der Waals surface area contributed by atoms with Crippen LogP contribution < -0.4 is 10.2 Å². The third kappa shape index (κ3) is 3.90. The molecule has 1 aromatic carbocycles. The number of carbonyl (C=O) groups is 1. The Bertz CT molecular complexity index is 791. The first-order chi connectivity index (χ1) is 12.5. The molecule has 6 heteroatoms. The number of hydrogen-bond donors (Lipinski definition) is 1. The summed E-state index contributed by atoms with van der Waals surface area (Å²) in [6.07, 6.45) is 0.791. The molecule has 1 saturated heterocycles. The maximum atomic E-state index is 12.6. The fraction of sp³-hybridized carbons (Fsp3) is 0.500. The van der Waals surface area contributed by atoms with Gasteiger partial charge in [-0.25, -0.2) is 0 Å². The molecule has 0 bridgehead atoms. The minimum Gasteiger partial charge on any atom is -0.378 e. The summed E-state index contributed by atoms with van der Waals surface area (Å²) in [7, 11) is 1.95. The van der Waals surface area contributed by atoms with Crippen molar-refractivity contribution in [2.45, 2.75) is 27.2 Å². The smallest absolute Gasteiger partial charge is 0.251 e. The van der Waals surface area contributed by atoms with Crippen LogP contribution in [0, 0.1) is 20.8 Å². The summed E-state index contributed by atoms with van der Waals surface area (Å²) in [6.45, 7) is 9.97. The summed E-state index contributed by atoms with van der Waals surface area (Å²) in [5, 5.41) is 7.47. The molecule has 26 heavy (non-hydrogen) atoms. The van der Waals surface area contributed by atoms with Crippen LogP contribution in [0.1, 0.15) is 32.9 Å². The largest absolute Gasteiger partial charge is 0.378 e. The number of aromatic nitrogens is 2. The van der Waals surface area contributed by atoms with Crippen LogP contribution in [0.2, 0.25) is 0 Å². The molecular formula is C20H28N4O2. The molecule has 0 unspecified atom stereocenters. The zero-order chi connectivity index (χ0) is 18.7. The summed E-state index contributed by atoms with van der Waals surface area (Å²) in [4.78, 5) is 14.9. The highest BCUT2D eigenvalue weighted by Gasteiger charge is 2.16. The van der Waals surface area contributed by atoms with E-state index in [2.05, 4.69) is 29.2 Å². The summed E-state index contributed by atoms with van der Waals surface area (Å²) < 4.78 is 7.32. The Labute approximate surface area is 155 Å². The van der Waals surface area contributed by atoms with E-state index < -0.39 is 0 Å². The molecule has 1 N–H and O–H groups in total. The van der Waals surface area contributed by atoms with Crippen LogP contribution in [0.3, 0.4) is 0 Å². The molecule has 140 valence electrons. The lowest BCUT2D eigenvalue weighted by molar-refractivity contribution is 0.0954. The molecule has 1 fully saturated rings. The monoisotopic (exact) mass is 356 g/mol. The zero-order valence-corrected chi connectivity index (χ0v) is 16.1. The summed E-state index contributed by atoms with van der Waals surface area (Å²) in [5.41, 5.74) is 6.42. The number of morpholine rings is 1. The normalized spacial score (nSPS) is 14.5. The van der Waals surface area contributed by atoms with Crippen molar-refractivity contribution in [3.8, 4) is 0 Å². The molecule has 0 radical (unpaired) electrons. The van der Waals surface area contributed by atoms with E-state index in [1.807, 2.05) is 36.9 Å². The molecule has 1 aliphatic rings. The van der Waals surface area contributed by atoms with Gasteiger partial charge in [0, 0.05) is 43.6 Å². The predicted octanol–water partition coefficient (Wildman–Crippen LogP) is 2.15. The highest BCUT2D eigenvalue weighted by atomic mass is 16.5. The van der Waals surface area contributed by atoms with Gasteiger partial charge in [0.25, 0.3) is 5.91 Å². The second kappa shape index (κ2) is 7.91. The number of nitrogens with one attached hydrogen (secondary N) is 1. The second-order valence-corrected chi connectivity index (χ2v) is 6.88. The fourth-order valence-corrected chi connectivity index (χ4v) is 3.48. The standard InChI is InChI=1S/C20H28N4O2/c1-14-5-6-17(13-19(14)24-9-11-26-12-10-24)20(25)21-8-7-18-15(2)22-23(4)16(18)3/h5-6,13H,7-12H2,1-4H3,(H,21,25). The van der Waals surface area contributed by atoms with Crippen molar-refractivity contribution in [2.24, 2.45) is 7.05 Å². The molecule has 2 heterocycles. The van der Waals surface area contributed by atoms with Gasteiger partial charge in [-0.15, -0.1) is 0 Å².